The zero-order chi connectivity index (χ0) is 18.4. The molecule has 2 N–H and O–H groups in total. The van der Waals surface area contributed by atoms with Crippen LogP contribution in [-0.4, -0.2) is 46.9 Å². The van der Waals surface area contributed by atoms with Crippen LogP contribution in [-0.2, 0) is 19.1 Å². The number of carbonyl (C=O) groups excluding carboxylic acids is 4. The zero-order valence-corrected chi connectivity index (χ0v) is 14.0. The first-order chi connectivity index (χ1) is 11.8. The molecule has 2 aliphatic rings. The molecule has 1 fully saturated rings. The number of ether oxygens (including phenoxy) is 1. The van der Waals surface area contributed by atoms with Gasteiger partial charge in [0.05, 0.1) is 11.3 Å². The van der Waals surface area contributed by atoms with Crippen LogP contribution in [0.1, 0.15) is 37.0 Å². The van der Waals surface area contributed by atoms with E-state index in [4.69, 9.17) is 10.5 Å². The summed E-state index contributed by atoms with van der Waals surface area (Å²) in [5.41, 5.74) is 4.19. The Balaban J connectivity index is 2.18. The minimum Gasteiger partial charge on any atom is -0.452 e. The lowest BCUT2D eigenvalue weighted by Gasteiger charge is -2.50. The van der Waals surface area contributed by atoms with Crippen LogP contribution < -0.4 is 10.6 Å². The third kappa shape index (κ3) is 2.36. The molecule has 1 aromatic rings. The Hall–Kier alpha value is -2.90. The number of para-hydroxylation sites is 1. The Labute approximate surface area is 144 Å². The standard InChI is InChI=1S/C17H19N3O5/c1-10(2)19-15(23)11-5-3-4-6-12(11)20-14(22)7-8-17(19,20)16(24)25-9-13(18)21/h3-6,10H,7-9H2,1-2H3,(H2,18,21)/t17-/m1/s1. The van der Waals surface area contributed by atoms with Crippen LogP contribution in [0.5, 0.6) is 0 Å². The number of esters is 1. The minimum atomic E-state index is -1.59. The van der Waals surface area contributed by atoms with Crippen molar-refractivity contribution in [2.75, 3.05) is 11.5 Å². The largest absolute Gasteiger partial charge is 0.452 e. The number of benzene rings is 1. The molecule has 0 aromatic heterocycles. The summed E-state index contributed by atoms with van der Waals surface area (Å²) in [7, 11) is 0. The molecular formula is C17H19N3O5. The second kappa shape index (κ2) is 5.87. The zero-order valence-electron chi connectivity index (χ0n) is 14.0. The molecule has 3 amide bonds. The first-order valence-electron chi connectivity index (χ1n) is 8.02. The number of hydrogen-bond donors (Lipinski definition) is 1. The Kier molecular flexibility index (Phi) is 3.98. The molecule has 1 atom stereocenters. The molecule has 8 nitrogen and oxygen atoms in total. The number of rotatable bonds is 4. The van der Waals surface area contributed by atoms with Crippen molar-refractivity contribution in [3.05, 3.63) is 29.8 Å². The first kappa shape index (κ1) is 16.9. The Morgan fingerprint density at radius 3 is 2.60 bits per heavy atom. The molecule has 3 rings (SSSR count). The maximum absolute atomic E-state index is 13.0. The van der Waals surface area contributed by atoms with E-state index < -0.39 is 24.1 Å². The highest BCUT2D eigenvalue weighted by Gasteiger charge is 2.62. The smallest absolute Gasteiger partial charge is 0.354 e. The van der Waals surface area contributed by atoms with Crippen LogP contribution in [0.4, 0.5) is 5.69 Å². The van der Waals surface area contributed by atoms with Crippen molar-refractivity contribution < 1.29 is 23.9 Å². The number of nitrogens with two attached hydrogens (primary N) is 1. The Bertz CT molecular complexity index is 775. The normalized spacial score (nSPS) is 22.0. The molecular weight excluding hydrogens is 326 g/mol. The summed E-state index contributed by atoms with van der Waals surface area (Å²) >= 11 is 0. The fourth-order valence-corrected chi connectivity index (χ4v) is 3.63. The van der Waals surface area contributed by atoms with Crippen LogP contribution in [0.2, 0.25) is 0 Å². The van der Waals surface area contributed by atoms with E-state index in [1.54, 1.807) is 38.1 Å². The van der Waals surface area contributed by atoms with E-state index in [9.17, 15) is 19.2 Å². The predicted molar refractivity (Wildman–Crippen MR) is 87.4 cm³/mol. The van der Waals surface area contributed by atoms with Gasteiger partial charge in [-0.3, -0.25) is 19.3 Å². The molecule has 132 valence electrons. The molecule has 0 bridgehead atoms. The molecule has 0 radical (unpaired) electrons. The molecule has 0 aliphatic carbocycles. The molecule has 0 spiro atoms. The number of hydrogen-bond acceptors (Lipinski definition) is 5. The molecule has 2 heterocycles. The number of nitrogens with zero attached hydrogens (tertiary/aromatic N) is 2. The topological polar surface area (TPSA) is 110 Å². The maximum Gasteiger partial charge on any atom is 0.354 e. The number of carbonyl (C=O) groups is 4. The molecule has 0 unspecified atom stereocenters. The van der Waals surface area contributed by atoms with E-state index in [0.717, 1.165) is 0 Å². The highest BCUT2D eigenvalue weighted by atomic mass is 16.5. The van der Waals surface area contributed by atoms with Gasteiger partial charge in [0.1, 0.15) is 0 Å². The highest BCUT2D eigenvalue weighted by molar-refractivity contribution is 6.15. The van der Waals surface area contributed by atoms with Crippen LogP contribution in [0.25, 0.3) is 0 Å². The summed E-state index contributed by atoms with van der Waals surface area (Å²) in [4.78, 5) is 52.2. The van der Waals surface area contributed by atoms with Gasteiger partial charge in [-0.15, -0.1) is 0 Å². The molecule has 1 aromatic carbocycles. The number of amides is 3. The average molecular weight is 345 g/mol. The number of primary amides is 1. The van der Waals surface area contributed by atoms with Crippen molar-refractivity contribution in [3.8, 4) is 0 Å². The van der Waals surface area contributed by atoms with Crippen molar-refractivity contribution in [3.63, 3.8) is 0 Å². The Morgan fingerprint density at radius 1 is 1.28 bits per heavy atom. The summed E-state index contributed by atoms with van der Waals surface area (Å²) in [6, 6.07) is 6.29. The third-order valence-electron chi connectivity index (χ3n) is 4.49. The summed E-state index contributed by atoms with van der Waals surface area (Å²) in [6.45, 7) is 2.91. The van der Waals surface area contributed by atoms with E-state index in [-0.39, 0.29) is 30.7 Å². The SMILES string of the molecule is CC(C)N1C(=O)c2ccccc2N2C(=O)CC[C@]21C(=O)OCC(N)=O. The minimum absolute atomic E-state index is 0.0938. The summed E-state index contributed by atoms with van der Waals surface area (Å²) < 4.78 is 5.04. The van der Waals surface area contributed by atoms with Gasteiger partial charge in [0.25, 0.3) is 11.8 Å². The van der Waals surface area contributed by atoms with Gasteiger partial charge < -0.3 is 15.4 Å². The van der Waals surface area contributed by atoms with Crippen LogP contribution in [0.3, 0.4) is 0 Å². The van der Waals surface area contributed by atoms with Gasteiger partial charge in [-0.1, -0.05) is 12.1 Å². The molecule has 2 aliphatic heterocycles. The van der Waals surface area contributed by atoms with E-state index in [2.05, 4.69) is 0 Å². The van der Waals surface area contributed by atoms with Gasteiger partial charge in [0.2, 0.25) is 11.6 Å². The predicted octanol–water partition coefficient (Wildman–Crippen LogP) is 0.402. The maximum atomic E-state index is 13.0. The third-order valence-corrected chi connectivity index (χ3v) is 4.49. The van der Waals surface area contributed by atoms with Gasteiger partial charge >= 0.3 is 5.97 Å². The fourth-order valence-electron chi connectivity index (χ4n) is 3.63. The monoisotopic (exact) mass is 345 g/mol. The average Bonchev–Trinajstić information content (AvgIpc) is 2.91. The van der Waals surface area contributed by atoms with Gasteiger partial charge in [0.15, 0.2) is 6.61 Å². The lowest BCUT2D eigenvalue weighted by atomic mass is 9.95. The summed E-state index contributed by atoms with van der Waals surface area (Å²) in [5, 5.41) is 0. The van der Waals surface area contributed by atoms with Crippen LogP contribution in [0, 0.1) is 0 Å². The van der Waals surface area contributed by atoms with Crippen molar-refractivity contribution in [2.45, 2.75) is 38.4 Å². The molecule has 25 heavy (non-hydrogen) atoms. The second-order valence-corrected chi connectivity index (χ2v) is 6.37. The van der Waals surface area contributed by atoms with Gasteiger partial charge in [0, 0.05) is 18.9 Å². The van der Waals surface area contributed by atoms with Crippen molar-refractivity contribution in [2.24, 2.45) is 5.73 Å². The van der Waals surface area contributed by atoms with Crippen molar-refractivity contribution >= 4 is 29.4 Å². The van der Waals surface area contributed by atoms with Crippen LogP contribution >= 0.6 is 0 Å². The molecule has 1 saturated heterocycles. The lowest BCUT2D eigenvalue weighted by Crippen LogP contribution is -2.70. The number of anilines is 1. The summed E-state index contributed by atoms with van der Waals surface area (Å²) in [5.74, 6) is -2.26. The van der Waals surface area contributed by atoms with Crippen molar-refractivity contribution in [1.82, 2.24) is 4.90 Å². The first-order valence-corrected chi connectivity index (χ1v) is 8.02. The molecule has 8 heteroatoms. The fraction of sp³-hybridized carbons (Fsp3) is 0.412. The van der Waals surface area contributed by atoms with Gasteiger partial charge in [-0.2, -0.15) is 0 Å². The highest BCUT2D eigenvalue weighted by Crippen LogP contribution is 2.45. The van der Waals surface area contributed by atoms with E-state index in [1.807, 2.05) is 0 Å². The van der Waals surface area contributed by atoms with E-state index >= 15 is 0 Å². The van der Waals surface area contributed by atoms with E-state index in [1.165, 1.54) is 9.80 Å². The number of fused-ring (bicyclic) bond motifs is 3. The Morgan fingerprint density at radius 2 is 1.96 bits per heavy atom. The van der Waals surface area contributed by atoms with Gasteiger partial charge in [-0.05, 0) is 26.0 Å². The molecule has 0 saturated carbocycles. The quantitative estimate of drug-likeness (QED) is 0.795. The second-order valence-electron chi connectivity index (χ2n) is 6.37. The van der Waals surface area contributed by atoms with Gasteiger partial charge in [-0.25, -0.2) is 4.79 Å². The van der Waals surface area contributed by atoms with Crippen LogP contribution in [0.15, 0.2) is 24.3 Å². The summed E-state index contributed by atoms with van der Waals surface area (Å²) in [6.07, 6.45) is 0.193. The van der Waals surface area contributed by atoms with E-state index in [0.29, 0.717) is 11.3 Å². The van der Waals surface area contributed by atoms with Crippen molar-refractivity contribution in [1.29, 1.82) is 0 Å². The lowest BCUT2D eigenvalue weighted by molar-refractivity contribution is -0.160.